The van der Waals surface area contributed by atoms with E-state index in [0.717, 1.165) is 17.9 Å². The number of hydrogen-bond donors (Lipinski definition) is 1. The number of hydrogen-bond acceptors (Lipinski definition) is 2. The van der Waals surface area contributed by atoms with Gasteiger partial charge in [0, 0.05) is 11.6 Å². The van der Waals surface area contributed by atoms with Crippen LogP contribution >= 0.6 is 0 Å². The molecule has 1 fully saturated rings. The minimum absolute atomic E-state index is 0.151. The van der Waals surface area contributed by atoms with Gasteiger partial charge in [-0.15, -0.1) is 0 Å². The summed E-state index contributed by atoms with van der Waals surface area (Å²) in [4.78, 5) is 2.58. The summed E-state index contributed by atoms with van der Waals surface area (Å²) < 4.78 is 0. The summed E-state index contributed by atoms with van der Waals surface area (Å²) in [6.45, 7) is 10.6. The smallest absolute Gasteiger partial charge is 0.115 e. The highest BCUT2D eigenvalue weighted by molar-refractivity contribution is 5.55. The van der Waals surface area contributed by atoms with Crippen molar-refractivity contribution in [2.75, 3.05) is 13.1 Å². The summed E-state index contributed by atoms with van der Waals surface area (Å²) in [5.41, 5.74) is 2.18. The Morgan fingerprint density at radius 2 is 1.85 bits per heavy atom. The van der Waals surface area contributed by atoms with Gasteiger partial charge in [-0.1, -0.05) is 30.8 Å². The number of nitrogens with zero attached hydrogens (tertiary/aromatic N) is 1. The highest BCUT2D eigenvalue weighted by atomic mass is 16.3. The first-order valence-electron chi connectivity index (χ1n) is 7.77. The minimum Gasteiger partial charge on any atom is -0.508 e. The van der Waals surface area contributed by atoms with Gasteiger partial charge in [-0.25, -0.2) is 0 Å². The fraction of sp³-hybridized carbons (Fsp3) is 0.556. The molecule has 1 aliphatic heterocycles. The van der Waals surface area contributed by atoms with E-state index in [9.17, 15) is 5.11 Å². The third-order valence-electron chi connectivity index (χ3n) is 4.51. The number of rotatable bonds is 5. The number of piperidine rings is 1. The molecule has 110 valence electrons. The summed E-state index contributed by atoms with van der Waals surface area (Å²) in [6, 6.07) is 8.83. The van der Waals surface area contributed by atoms with E-state index in [4.69, 9.17) is 0 Å². The molecule has 0 saturated carbocycles. The normalized spacial score (nSPS) is 17.6. The molecule has 1 aromatic rings. The van der Waals surface area contributed by atoms with Crippen molar-refractivity contribution in [3.63, 3.8) is 0 Å². The predicted octanol–water partition coefficient (Wildman–Crippen LogP) is 4.27. The van der Waals surface area contributed by atoms with Gasteiger partial charge in [0.05, 0.1) is 0 Å². The second-order valence-corrected chi connectivity index (χ2v) is 6.26. The molecule has 0 aromatic heterocycles. The Morgan fingerprint density at radius 3 is 2.35 bits per heavy atom. The van der Waals surface area contributed by atoms with Gasteiger partial charge >= 0.3 is 0 Å². The fourth-order valence-corrected chi connectivity index (χ4v) is 2.99. The Balaban J connectivity index is 1.77. The van der Waals surface area contributed by atoms with Crippen molar-refractivity contribution in [3.8, 4) is 0 Å². The average Bonchev–Trinajstić information content (AvgIpc) is 2.46. The van der Waals surface area contributed by atoms with E-state index in [-0.39, 0.29) is 5.76 Å². The molecule has 0 bridgehead atoms. The van der Waals surface area contributed by atoms with Gasteiger partial charge < -0.3 is 10.0 Å². The second kappa shape index (κ2) is 6.94. The standard InChI is InChI=1S/C18H27NO/c1-14(2)19-12-10-17(11-13-19)5-4-16-6-8-18(9-7-16)15(3)20/h6-9,14,17,20H,3-5,10-13H2,1-2H3. The Hall–Kier alpha value is -1.28. The zero-order valence-corrected chi connectivity index (χ0v) is 12.8. The van der Waals surface area contributed by atoms with Crippen LogP contribution in [0.3, 0.4) is 0 Å². The lowest BCUT2D eigenvalue weighted by atomic mass is 9.90. The van der Waals surface area contributed by atoms with Crippen molar-refractivity contribution in [2.45, 2.75) is 45.6 Å². The first-order valence-corrected chi connectivity index (χ1v) is 7.77. The highest BCUT2D eigenvalue weighted by Gasteiger charge is 2.20. The number of aliphatic hydroxyl groups is 1. The monoisotopic (exact) mass is 273 g/mol. The molecule has 1 aliphatic rings. The molecule has 1 N–H and O–H groups in total. The van der Waals surface area contributed by atoms with Crippen LogP contribution in [0.5, 0.6) is 0 Å². The van der Waals surface area contributed by atoms with Crippen molar-refractivity contribution in [1.29, 1.82) is 0 Å². The number of likely N-dealkylation sites (tertiary alicyclic amines) is 1. The van der Waals surface area contributed by atoms with E-state index in [1.54, 1.807) is 0 Å². The van der Waals surface area contributed by atoms with Gasteiger partial charge in [-0.3, -0.25) is 0 Å². The number of aliphatic hydroxyl groups excluding tert-OH is 1. The van der Waals surface area contributed by atoms with Crippen molar-refractivity contribution >= 4 is 5.76 Å². The summed E-state index contributed by atoms with van der Waals surface area (Å²) in [7, 11) is 0. The summed E-state index contributed by atoms with van der Waals surface area (Å²) in [5, 5.41) is 9.32. The molecule has 0 atom stereocenters. The lowest BCUT2D eigenvalue weighted by Crippen LogP contribution is -2.38. The lowest BCUT2D eigenvalue weighted by molar-refractivity contribution is 0.146. The van der Waals surface area contributed by atoms with E-state index < -0.39 is 0 Å². The van der Waals surface area contributed by atoms with Crippen molar-refractivity contribution < 1.29 is 5.11 Å². The van der Waals surface area contributed by atoms with Gasteiger partial charge in [0.25, 0.3) is 0 Å². The Bertz CT molecular complexity index is 427. The largest absolute Gasteiger partial charge is 0.508 e. The quantitative estimate of drug-likeness (QED) is 0.810. The highest BCUT2D eigenvalue weighted by Crippen LogP contribution is 2.23. The van der Waals surface area contributed by atoms with E-state index >= 15 is 0 Å². The predicted molar refractivity (Wildman–Crippen MR) is 85.9 cm³/mol. The molecular weight excluding hydrogens is 246 g/mol. The Labute approximate surface area is 123 Å². The van der Waals surface area contributed by atoms with Crippen LogP contribution in [0.1, 0.15) is 44.2 Å². The summed E-state index contributed by atoms with van der Waals surface area (Å²) in [6.07, 6.45) is 5.10. The molecule has 1 saturated heterocycles. The van der Waals surface area contributed by atoms with Gasteiger partial charge in [0.1, 0.15) is 5.76 Å². The van der Waals surface area contributed by atoms with Crippen LogP contribution in [-0.2, 0) is 6.42 Å². The van der Waals surface area contributed by atoms with Crippen molar-refractivity contribution in [3.05, 3.63) is 42.0 Å². The summed E-state index contributed by atoms with van der Waals surface area (Å²) >= 11 is 0. The van der Waals surface area contributed by atoms with Crippen LogP contribution in [-0.4, -0.2) is 29.1 Å². The van der Waals surface area contributed by atoms with Crippen molar-refractivity contribution in [2.24, 2.45) is 5.92 Å². The minimum atomic E-state index is 0.151. The molecule has 2 rings (SSSR count). The van der Waals surface area contributed by atoms with Gasteiger partial charge in [0.15, 0.2) is 0 Å². The molecule has 0 aliphatic carbocycles. The first kappa shape index (κ1) is 15.1. The molecular formula is C18H27NO. The molecule has 20 heavy (non-hydrogen) atoms. The van der Waals surface area contributed by atoms with E-state index in [1.807, 2.05) is 12.1 Å². The van der Waals surface area contributed by atoms with Crippen LogP contribution < -0.4 is 0 Å². The van der Waals surface area contributed by atoms with Crippen LogP contribution in [0.25, 0.3) is 5.76 Å². The van der Waals surface area contributed by atoms with Crippen LogP contribution in [0.15, 0.2) is 30.8 Å². The zero-order valence-electron chi connectivity index (χ0n) is 12.8. The third-order valence-corrected chi connectivity index (χ3v) is 4.51. The molecule has 0 spiro atoms. The zero-order chi connectivity index (χ0) is 14.5. The SMILES string of the molecule is C=C(O)c1ccc(CCC2CCN(C(C)C)CC2)cc1. The second-order valence-electron chi connectivity index (χ2n) is 6.26. The maximum absolute atomic E-state index is 9.32. The Morgan fingerprint density at radius 1 is 1.25 bits per heavy atom. The number of aryl methyl sites for hydroxylation is 1. The molecule has 1 heterocycles. The fourth-order valence-electron chi connectivity index (χ4n) is 2.99. The molecule has 0 amide bonds. The summed E-state index contributed by atoms with van der Waals surface area (Å²) in [5.74, 6) is 1.02. The van der Waals surface area contributed by atoms with E-state index in [0.29, 0.717) is 6.04 Å². The third kappa shape index (κ3) is 4.11. The van der Waals surface area contributed by atoms with Gasteiger partial charge in [-0.2, -0.15) is 0 Å². The molecule has 2 heteroatoms. The maximum atomic E-state index is 9.32. The number of benzene rings is 1. The Kier molecular flexibility index (Phi) is 5.24. The van der Waals surface area contributed by atoms with Crippen LogP contribution in [0.4, 0.5) is 0 Å². The van der Waals surface area contributed by atoms with Crippen LogP contribution in [0, 0.1) is 5.92 Å². The topological polar surface area (TPSA) is 23.5 Å². The van der Waals surface area contributed by atoms with Gasteiger partial charge in [0.2, 0.25) is 0 Å². The molecule has 0 unspecified atom stereocenters. The van der Waals surface area contributed by atoms with Crippen LogP contribution in [0.2, 0.25) is 0 Å². The maximum Gasteiger partial charge on any atom is 0.115 e. The first-order chi connectivity index (χ1) is 9.56. The van der Waals surface area contributed by atoms with E-state index in [1.165, 1.54) is 37.9 Å². The van der Waals surface area contributed by atoms with Gasteiger partial charge in [-0.05, 0) is 64.1 Å². The lowest BCUT2D eigenvalue weighted by Gasteiger charge is -2.34. The van der Waals surface area contributed by atoms with Crippen molar-refractivity contribution in [1.82, 2.24) is 4.90 Å². The average molecular weight is 273 g/mol. The molecule has 2 nitrogen and oxygen atoms in total. The molecule has 1 aromatic carbocycles. The van der Waals surface area contributed by atoms with E-state index in [2.05, 4.69) is 37.5 Å². The molecule has 0 radical (unpaired) electrons.